The van der Waals surface area contributed by atoms with Crippen molar-refractivity contribution in [2.45, 2.75) is 38.6 Å². The van der Waals surface area contributed by atoms with Gasteiger partial charge in [0.1, 0.15) is 0 Å². The third kappa shape index (κ3) is 4.61. The van der Waals surface area contributed by atoms with Gasteiger partial charge in [-0.25, -0.2) is 8.42 Å². The number of ketones is 2. The molecule has 12 heteroatoms. The maximum absolute atomic E-state index is 13.1. The van der Waals surface area contributed by atoms with E-state index in [0.717, 1.165) is 6.07 Å². The molecule has 0 aliphatic carbocycles. The molecule has 0 saturated carbocycles. The van der Waals surface area contributed by atoms with Crippen molar-refractivity contribution in [3.05, 3.63) is 50.8 Å². The van der Waals surface area contributed by atoms with E-state index < -0.39 is 26.7 Å². The van der Waals surface area contributed by atoms with Crippen LogP contribution >= 0.6 is 0 Å². The molecule has 1 fully saturated rings. The number of carbonyl (C=O) groups excluding carboxylic acids is 2. The molecule has 2 aromatic rings. The first-order valence-corrected chi connectivity index (χ1v) is 12.1. The minimum absolute atomic E-state index is 0.0242. The lowest BCUT2D eigenvalue weighted by molar-refractivity contribution is -0.386. The summed E-state index contributed by atoms with van der Waals surface area (Å²) in [7, 11) is -2.69. The fourth-order valence-corrected chi connectivity index (χ4v) is 5.80. The number of methoxy groups -OCH3 is 1. The lowest BCUT2D eigenvalue weighted by Crippen LogP contribution is -2.53. The van der Waals surface area contributed by atoms with Gasteiger partial charge in [-0.2, -0.15) is 4.31 Å². The fraction of sp³-hybridized carbons (Fsp3) is 0.455. The second-order valence-corrected chi connectivity index (χ2v) is 10.2. The third-order valence-electron chi connectivity index (χ3n) is 6.22. The van der Waals surface area contributed by atoms with Gasteiger partial charge in [-0.1, -0.05) is 0 Å². The number of hydrogen-bond donors (Lipinski definition) is 1. The minimum atomic E-state index is -3.97. The average molecular weight is 493 g/mol. The van der Waals surface area contributed by atoms with Crippen molar-refractivity contribution in [1.82, 2.24) is 14.2 Å². The number of aromatic nitrogens is 1. The molecule has 1 aliphatic heterocycles. The summed E-state index contributed by atoms with van der Waals surface area (Å²) in [5.74, 6) is -0.311. The largest absolute Gasteiger partial charge is 0.490 e. The zero-order valence-corrected chi connectivity index (χ0v) is 20.6. The predicted molar refractivity (Wildman–Crippen MR) is 124 cm³/mol. The number of H-pyrrole nitrogens is 1. The second kappa shape index (κ2) is 9.65. The average Bonchev–Trinajstić information content (AvgIpc) is 3.11. The van der Waals surface area contributed by atoms with Crippen LogP contribution < -0.4 is 4.74 Å². The van der Waals surface area contributed by atoms with Crippen molar-refractivity contribution in [1.29, 1.82) is 0 Å². The third-order valence-corrected chi connectivity index (χ3v) is 8.12. The number of nitrogens with zero attached hydrogens (tertiary/aromatic N) is 3. The zero-order valence-electron chi connectivity index (χ0n) is 19.7. The van der Waals surface area contributed by atoms with Crippen molar-refractivity contribution < 1.29 is 27.7 Å². The van der Waals surface area contributed by atoms with E-state index in [1.165, 1.54) is 30.5 Å². The number of Topliss-reactive ketones (excluding diaryl/α,β-unsaturated/α-hetero) is 2. The second-order valence-electron chi connectivity index (χ2n) is 8.25. The van der Waals surface area contributed by atoms with Gasteiger partial charge in [0.25, 0.3) is 0 Å². The molecule has 0 radical (unpaired) electrons. The van der Waals surface area contributed by atoms with Crippen LogP contribution in [-0.2, 0) is 10.0 Å². The van der Waals surface area contributed by atoms with Crippen molar-refractivity contribution in [3.63, 3.8) is 0 Å². The van der Waals surface area contributed by atoms with E-state index >= 15 is 0 Å². The Labute approximate surface area is 197 Å². The van der Waals surface area contributed by atoms with E-state index in [-0.39, 0.29) is 35.3 Å². The molecule has 184 valence electrons. The molecule has 1 unspecified atom stereocenters. The Hall–Kier alpha value is -3.09. The first kappa shape index (κ1) is 25.5. The first-order chi connectivity index (χ1) is 15.9. The monoisotopic (exact) mass is 492 g/mol. The van der Waals surface area contributed by atoms with Crippen LogP contribution in [0.1, 0.15) is 46.0 Å². The molecule has 0 spiro atoms. The molecular formula is C22H28N4O7S. The molecule has 2 heterocycles. The number of aromatic amines is 1. The van der Waals surface area contributed by atoms with Crippen molar-refractivity contribution in [2.24, 2.45) is 0 Å². The summed E-state index contributed by atoms with van der Waals surface area (Å²) in [4.78, 5) is 40.3. The van der Waals surface area contributed by atoms with Gasteiger partial charge in [0.05, 0.1) is 28.7 Å². The molecule has 0 bridgehead atoms. The number of rotatable bonds is 8. The highest BCUT2D eigenvalue weighted by Crippen LogP contribution is 2.31. The Balaban J connectivity index is 1.74. The lowest BCUT2D eigenvalue weighted by atomic mass is 10.0. The fourth-order valence-electron chi connectivity index (χ4n) is 4.35. The topological polar surface area (TPSA) is 143 Å². The van der Waals surface area contributed by atoms with Gasteiger partial charge in [-0.05, 0) is 45.4 Å². The Morgan fingerprint density at radius 1 is 1.18 bits per heavy atom. The molecule has 11 nitrogen and oxygen atoms in total. The quantitative estimate of drug-likeness (QED) is 0.336. The Kier molecular flexibility index (Phi) is 7.24. The van der Waals surface area contributed by atoms with E-state index in [9.17, 15) is 28.1 Å². The Morgan fingerprint density at radius 2 is 1.79 bits per heavy atom. The summed E-state index contributed by atoms with van der Waals surface area (Å²) in [6, 6.07) is 3.01. The number of nitro benzene ring substituents is 1. The van der Waals surface area contributed by atoms with Crippen LogP contribution in [0.3, 0.4) is 0 Å². The van der Waals surface area contributed by atoms with Gasteiger partial charge in [0, 0.05) is 43.5 Å². The van der Waals surface area contributed by atoms with E-state index in [1.807, 2.05) is 4.90 Å². The van der Waals surface area contributed by atoms with Crippen LogP contribution in [0.2, 0.25) is 0 Å². The van der Waals surface area contributed by atoms with E-state index in [0.29, 0.717) is 35.6 Å². The molecule has 1 aromatic heterocycles. The van der Waals surface area contributed by atoms with Gasteiger partial charge in [-0.15, -0.1) is 0 Å². The summed E-state index contributed by atoms with van der Waals surface area (Å²) < 4.78 is 32.4. The van der Waals surface area contributed by atoms with Crippen LogP contribution in [0, 0.1) is 24.0 Å². The number of nitro groups is 1. The number of hydrogen-bond acceptors (Lipinski definition) is 8. The maximum atomic E-state index is 13.1. The highest BCUT2D eigenvalue weighted by molar-refractivity contribution is 7.89. The Bertz CT molecular complexity index is 1240. The number of nitrogens with one attached hydrogen (secondary N) is 1. The van der Waals surface area contributed by atoms with Gasteiger partial charge in [0.15, 0.2) is 17.3 Å². The van der Waals surface area contributed by atoms with Crippen molar-refractivity contribution in [2.75, 3.05) is 33.3 Å². The van der Waals surface area contributed by atoms with Crippen LogP contribution in [0.15, 0.2) is 23.1 Å². The number of sulfonamides is 1. The van der Waals surface area contributed by atoms with Crippen LogP contribution in [0.4, 0.5) is 5.69 Å². The number of carbonyl (C=O) groups is 2. The van der Waals surface area contributed by atoms with E-state index in [4.69, 9.17) is 4.74 Å². The van der Waals surface area contributed by atoms with Crippen LogP contribution in [0.5, 0.6) is 5.75 Å². The number of benzene rings is 1. The van der Waals surface area contributed by atoms with Gasteiger partial charge < -0.3 is 9.72 Å². The van der Waals surface area contributed by atoms with Gasteiger partial charge >= 0.3 is 5.69 Å². The standard InChI is InChI=1S/C22H28N4O7S/c1-13-20(16(4)27)14(2)23-21(13)22(28)15(3)24-8-10-25(11-9-24)34(31,32)17-6-7-19(33-5)18(12-17)26(29)30/h6-7,12,15,23H,8-11H2,1-5H3. The molecule has 1 atom stereocenters. The maximum Gasteiger partial charge on any atom is 0.312 e. The molecular weight excluding hydrogens is 464 g/mol. The molecule has 1 saturated heterocycles. The predicted octanol–water partition coefficient (Wildman–Crippen LogP) is 2.33. The SMILES string of the molecule is COc1ccc(S(=O)(=O)N2CCN(C(C)C(=O)c3[nH]c(C)c(C(C)=O)c3C)CC2)cc1[N+](=O)[O-]. The van der Waals surface area contributed by atoms with Gasteiger partial charge in [-0.3, -0.25) is 24.6 Å². The summed E-state index contributed by atoms with van der Waals surface area (Å²) in [6.45, 7) is 7.56. The molecule has 1 aromatic carbocycles. The van der Waals surface area contributed by atoms with E-state index in [2.05, 4.69) is 4.98 Å². The van der Waals surface area contributed by atoms with Crippen molar-refractivity contribution >= 4 is 27.3 Å². The number of ether oxygens (including phenoxy) is 1. The van der Waals surface area contributed by atoms with Gasteiger partial charge in [0.2, 0.25) is 10.0 Å². The van der Waals surface area contributed by atoms with Crippen LogP contribution in [0.25, 0.3) is 0 Å². The molecule has 0 amide bonds. The smallest absolute Gasteiger partial charge is 0.312 e. The highest BCUT2D eigenvalue weighted by Gasteiger charge is 2.34. The zero-order chi connectivity index (χ0) is 25.4. The number of piperazine rings is 1. The van der Waals surface area contributed by atoms with Crippen molar-refractivity contribution in [3.8, 4) is 5.75 Å². The highest BCUT2D eigenvalue weighted by atomic mass is 32.2. The summed E-state index contributed by atoms with van der Waals surface area (Å²) in [6.07, 6.45) is 0. The lowest BCUT2D eigenvalue weighted by Gasteiger charge is -2.36. The molecule has 1 aliphatic rings. The first-order valence-electron chi connectivity index (χ1n) is 10.7. The van der Waals surface area contributed by atoms with E-state index in [1.54, 1.807) is 20.8 Å². The molecule has 1 N–H and O–H groups in total. The summed E-state index contributed by atoms with van der Waals surface area (Å²) >= 11 is 0. The van der Waals surface area contributed by atoms with Crippen LogP contribution in [-0.4, -0.2) is 78.4 Å². The summed E-state index contributed by atoms with van der Waals surface area (Å²) in [5.41, 5.74) is 1.73. The normalized spacial score (nSPS) is 16.3. The Morgan fingerprint density at radius 3 is 2.29 bits per heavy atom. The minimum Gasteiger partial charge on any atom is -0.490 e. The summed E-state index contributed by atoms with van der Waals surface area (Å²) in [5, 5.41) is 11.3. The number of aryl methyl sites for hydroxylation is 1. The molecule has 3 rings (SSSR count). The molecule has 34 heavy (non-hydrogen) atoms.